The summed E-state index contributed by atoms with van der Waals surface area (Å²) >= 11 is 0. The number of carbonyl (C=O) groups excluding carboxylic acids is 1. The third-order valence-corrected chi connectivity index (χ3v) is 3.39. The van der Waals surface area contributed by atoms with E-state index in [-0.39, 0.29) is 17.2 Å². The lowest BCUT2D eigenvalue weighted by atomic mass is 10.1. The molecule has 0 spiro atoms. The number of hydrogen-bond acceptors (Lipinski definition) is 6. The number of hydrogen-bond donors (Lipinski definition) is 2. The van der Waals surface area contributed by atoms with E-state index in [1.165, 1.54) is 12.1 Å². The second-order valence-corrected chi connectivity index (χ2v) is 5.02. The fourth-order valence-electron chi connectivity index (χ4n) is 2.20. The fraction of sp³-hybridized carbons (Fsp3) is 0.333. The van der Waals surface area contributed by atoms with Crippen LogP contribution in [-0.4, -0.2) is 35.2 Å². The lowest BCUT2D eigenvalue weighted by Crippen LogP contribution is -2.32. The van der Waals surface area contributed by atoms with Crippen molar-refractivity contribution in [3.05, 3.63) is 39.4 Å². The van der Waals surface area contributed by atoms with E-state index in [1.807, 2.05) is 0 Å². The number of nitrogens with one attached hydrogen (secondary N) is 1. The number of ether oxygens (including phenoxy) is 1. The molecular weight excluding hydrogens is 302 g/mol. The zero-order valence-electron chi connectivity index (χ0n) is 12.2. The summed E-state index contributed by atoms with van der Waals surface area (Å²) in [5.41, 5.74) is -0.392. The van der Waals surface area contributed by atoms with Crippen LogP contribution in [0.4, 0.5) is 5.69 Å². The van der Waals surface area contributed by atoms with Gasteiger partial charge in [-0.1, -0.05) is 6.07 Å². The summed E-state index contributed by atoms with van der Waals surface area (Å²) in [7, 11) is 0. The Morgan fingerprint density at radius 1 is 1.61 bits per heavy atom. The monoisotopic (exact) mass is 317 g/mol. The number of nitriles is 1. The van der Waals surface area contributed by atoms with Crippen molar-refractivity contribution in [2.24, 2.45) is 0 Å². The van der Waals surface area contributed by atoms with Gasteiger partial charge >= 0.3 is 5.69 Å². The number of amides is 1. The van der Waals surface area contributed by atoms with Crippen molar-refractivity contribution >= 4 is 17.7 Å². The minimum atomic E-state index is -0.740. The lowest BCUT2D eigenvalue weighted by molar-refractivity contribution is -0.385. The molecule has 1 saturated heterocycles. The Balaban J connectivity index is 2.11. The first kappa shape index (κ1) is 16.5. The summed E-state index contributed by atoms with van der Waals surface area (Å²) in [5, 5.41) is 31.9. The highest BCUT2D eigenvalue weighted by atomic mass is 16.6. The molecule has 0 bridgehead atoms. The molecule has 1 heterocycles. The molecule has 1 atom stereocenters. The average Bonchev–Trinajstić information content (AvgIpc) is 3.04. The third-order valence-electron chi connectivity index (χ3n) is 3.39. The number of carbonyl (C=O) groups is 1. The highest BCUT2D eigenvalue weighted by molar-refractivity contribution is 6.01. The van der Waals surface area contributed by atoms with E-state index in [0.717, 1.165) is 25.0 Å². The van der Waals surface area contributed by atoms with Crippen LogP contribution in [0.1, 0.15) is 18.4 Å². The number of nitro benzene ring substituents is 1. The minimum absolute atomic E-state index is 0.0475. The Hall–Kier alpha value is -2.92. The molecule has 1 unspecified atom stereocenters. The van der Waals surface area contributed by atoms with Gasteiger partial charge in [-0.25, -0.2) is 0 Å². The van der Waals surface area contributed by atoms with Crippen LogP contribution in [-0.2, 0) is 9.53 Å². The SMILES string of the molecule is N#CC(=Cc1ccc(O)c([N+](=O)[O-])c1)C(=O)NCC1CCCO1. The molecule has 1 aromatic rings. The number of nitrogens with zero attached hydrogens (tertiary/aromatic N) is 2. The van der Waals surface area contributed by atoms with Crippen molar-refractivity contribution in [2.75, 3.05) is 13.2 Å². The molecule has 1 aliphatic heterocycles. The van der Waals surface area contributed by atoms with Crippen molar-refractivity contribution in [2.45, 2.75) is 18.9 Å². The second-order valence-electron chi connectivity index (χ2n) is 5.02. The lowest BCUT2D eigenvalue weighted by Gasteiger charge is -2.10. The molecule has 23 heavy (non-hydrogen) atoms. The van der Waals surface area contributed by atoms with Crippen molar-refractivity contribution in [1.29, 1.82) is 5.26 Å². The Morgan fingerprint density at radius 3 is 3.00 bits per heavy atom. The molecule has 0 aromatic heterocycles. The van der Waals surface area contributed by atoms with E-state index in [9.17, 15) is 20.0 Å². The molecule has 8 heteroatoms. The first-order chi connectivity index (χ1) is 11.0. The summed E-state index contributed by atoms with van der Waals surface area (Å²) in [4.78, 5) is 22.0. The highest BCUT2D eigenvalue weighted by Crippen LogP contribution is 2.27. The predicted molar refractivity (Wildman–Crippen MR) is 80.3 cm³/mol. The zero-order valence-corrected chi connectivity index (χ0v) is 12.2. The van der Waals surface area contributed by atoms with Crippen LogP contribution in [0.2, 0.25) is 0 Å². The third kappa shape index (κ3) is 4.28. The molecule has 1 aliphatic rings. The number of phenolic OH excluding ortho intramolecular Hbond substituents is 1. The van der Waals surface area contributed by atoms with Crippen molar-refractivity contribution in [3.63, 3.8) is 0 Å². The molecule has 1 aromatic carbocycles. The topological polar surface area (TPSA) is 125 Å². The van der Waals surface area contributed by atoms with Gasteiger partial charge < -0.3 is 15.2 Å². The van der Waals surface area contributed by atoms with Crippen LogP contribution >= 0.6 is 0 Å². The average molecular weight is 317 g/mol. The number of nitro groups is 1. The largest absolute Gasteiger partial charge is 0.502 e. The van der Waals surface area contributed by atoms with E-state index < -0.39 is 22.3 Å². The fourth-order valence-corrected chi connectivity index (χ4v) is 2.20. The van der Waals surface area contributed by atoms with Crippen LogP contribution in [0.15, 0.2) is 23.8 Å². The standard InChI is InChI=1S/C15H15N3O5/c16-8-11(15(20)17-9-12-2-1-5-23-12)6-10-3-4-14(19)13(7-10)18(21)22/h3-4,6-7,12,19H,1-2,5,9H2,(H,17,20). The summed E-state index contributed by atoms with van der Waals surface area (Å²) in [5.74, 6) is -1.05. The van der Waals surface area contributed by atoms with Crippen molar-refractivity contribution < 1.29 is 19.6 Å². The number of phenols is 1. The molecule has 1 amide bonds. The van der Waals surface area contributed by atoms with Gasteiger partial charge in [-0.2, -0.15) is 5.26 Å². The quantitative estimate of drug-likeness (QED) is 0.367. The summed E-state index contributed by atoms with van der Waals surface area (Å²) in [6.45, 7) is 0.978. The van der Waals surface area contributed by atoms with Gasteiger partial charge in [0.15, 0.2) is 5.75 Å². The van der Waals surface area contributed by atoms with E-state index >= 15 is 0 Å². The number of aromatic hydroxyl groups is 1. The van der Waals surface area contributed by atoms with Crippen LogP contribution in [0.5, 0.6) is 5.75 Å². The van der Waals surface area contributed by atoms with Gasteiger partial charge in [-0.3, -0.25) is 14.9 Å². The Bertz CT molecular complexity index is 687. The normalized spacial score (nSPS) is 17.5. The van der Waals surface area contributed by atoms with Crippen LogP contribution in [0, 0.1) is 21.4 Å². The molecular formula is C15H15N3O5. The van der Waals surface area contributed by atoms with E-state index in [1.54, 1.807) is 6.07 Å². The van der Waals surface area contributed by atoms with Gasteiger partial charge in [0.25, 0.3) is 5.91 Å². The summed E-state index contributed by atoms with van der Waals surface area (Å²) < 4.78 is 5.37. The molecule has 120 valence electrons. The Labute approximate surface area is 132 Å². The number of benzene rings is 1. The maximum atomic E-state index is 12.0. The Morgan fingerprint density at radius 2 is 2.39 bits per heavy atom. The van der Waals surface area contributed by atoms with Crippen molar-refractivity contribution in [3.8, 4) is 11.8 Å². The smallest absolute Gasteiger partial charge is 0.311 e. The molecule has 0 saturated carbocycles. The van der Waals surface area contributed by atoms with Gasteiger partial charge in [0.2, 0.25) is 0 Å². The maximum absolute atomic E-state index is 12.0. The van der Waals surface area contributed by atoms with Gasteiger partial charge in [0.05, 0.1) is 11.0 Å². The molecule has 0 radical (unpaired) electrons. The van der Waals surface area contributed by atoms with Gasteiger partial charge in [0, 0.05) is 19.2 Å². The van der Waals surface area contributed by atoms with Crippen LogP contribution < -0.4 is 5.32 Å². The molecule has 8 nitrogen and oxygen atoms in total. The molecule has 2 N–H and O–H groups in total. The molecule has 0 aliphatic carbocycles. The summed E-state index contributed by atoms with van der Waals surface area (Å²) in [6.07, 6.45) is 2.99. The van der Waals surface area contributed by atoms with Crippen LogP contribution in [0.3, 0.4) is 0 Å². The van der Waals surface area contributed by atoms with E-state index in [4.69, 9.17) is 10.00 Å². The summed E-state index contributed by atoms with van der Waals surface area (Å²) in [6, 6.07) is 5.39. The van der Waals surface area contributed by atoms with E-state index in [2.05, 4.69) is 5.32 Å². The minimum Gasteiger partial charge on any atom is -0.502 e. The molecule has 2 rings (SSSR count). The van der Waals surface area contributed by atoms with Gasteiger partial charge in [0.1, 0.15) is 11.6 Å². The van der Waals surface area contributed by atoms with Gasteiger partial charge in [-0.05, 0) is 30.5 Å². The van der Waals surface area contributed by atoms with Crippen molar-refractivity contribution in [1.82, 2.24) is 5.32 Å². The second kappa shape index (κ2) is 7.38. The highest BCUT2D eigenvalue weighted by Gasteiger charge is 2.18. The van der Waals surface area contributed by atoms with Gasteiger partial charge in [-0.15, -0.1) is 0 Å². The Kier molecular flexibility index (Phi) is 5.28. The maximum Gasteiger partial charge on any atom is 0.311 e. The first-order valence-corrected chi connectivity index (χ1v) is 7.00. The zero-order chi connectivity index (χ0) is 16.8. The molecule has 1 fully saturated rings. The number of rotatable bonds is 5. The van der Waals surface area contributed by atoms with Crippen LogP contribution in [0.25, 0.3) is 6.08 Å². The first-order valence-electron chi connectivity index (χ1n) is 7.00. The van der Waals surface area contributed by atoms with E-state index in [0.29, 0.717) is 13.2 Å². The predicted octanol–water partition coefficient (Wildman–Crippen LogP) is 1.50.